The number of nitrogens with two attached hydrogens (primary N) is 1. The second-order valence-corrected chi connectivity index (χ2v) is 6.45. The van der Waals surface area contributed by atoms with Crippen molar-refractivity contribution in [2.45, 2.75) is 19.1 Å². The number of nitrogens with one attached hydrogen (secondary N) is 1. The van der Waals surface area contributed by atoms with E-state index in [4.69, 9.17) is 5.73 Å². The number of benzene rings is 2. The number of halogens is 4. The lowest BCUT2D eigenvalue weighted by Gasteiger charge is -2.18. The third-order valence-corrected chi connectivity index (χ3v) is 4.43. The minimum Gasteiger partial charge on any atom is -0.397 e. The van der Waals surface area contributed by atoms with Gasteiger partial charge < -0.3 is 16.0 Å². The molecule has 150 valence electrons. The molecule has 1 fully saturated rings. The van der Waals surface area contributed by atoms with Gasteiger partial charge in [0, 0.05) is 19.5 Å². The Balaban J connectivity index is 0.00000280. The number of alkyl halides is 3. The van der Waals surface area contributed by atoms with Crippen molar-refractivity contribution in [3.05, 3.63) is 59.7 Å². The molecule has 0 bridgehead atoms. The zero-order valence-corrected chi connectivity index (χ0v) is 15.5. The van der Waals surface area contributed by atoms with Crippen LogP contribution in [-0.2, 0) is 22.3 Å². The van der Waals surface area contributed by atoms with Crippen LogP contribution in [0.15, 0.2) is 48.5 Å². The van der Waals surface area contributed by atoms with Crippen LogP contribution in [0.3, 0.4) is 0 Å². The Morgan fingerprint density at radius 1 is 1.18 bits per heavy atom. The Labute approximate surface area is 166 Å². The summed E-state index contributed by atoms with van der Waals surface area (Å²) in [4.78, 5) is 26.0. The monoisotopic (exact) mass is 413 g/mol. The van der Waals surface area contributed by atoms with Crippen LogP contribution in [0.1, 0.15) is 17.5 Å². The number of nitrogen functional groups attached to an aromatic ring is 1. The maximum absolute atomic E-state index is 12.8. The summed E-state index contributed by atoms with van der Waals surface area (Å²) in [6, 6.07) is 11.6. The van der Waals surface area contributed by atoms with Crippen LogP contribution in [0.4, 0.5) is 24.5 Å². The summed E-state index contributed by atoms with van der Waals surface area (Å²) in [5.41, 5.74) is 6.27. The minimum absolute atomic E-state index is 0. The van der Waals surface area contributed by atoms with E-state index in [0.29, 0.717) is 16.9 Å². The van der Waals surface area contributed by atoms with E-state index in [1.807, 2.05) is 0 Å². The van der Waals surface area contributed by atoms with Crippen LogP contribution in [0.25, 0.3) is 0 Å². The summed E-state index contributed by atoms with van der Waals surface area (Å²) < 4.78 is 38.5. The predicted molar refractivity (Wildman–Crippen MR) is 102 cm³/mol. The van der Waals surface area contributed by atoms with Crippen molar-refractivity contribution in [3.8, 4) is 0 Å². The maximum atomic E-state index is 12.8. The summed E-state index contributed by atoms with van der Waals surface area (Å²) in [5, 5.41) is 2.69. The van der Waals surface area contributed by atoms with Crippen molar-refractivity contribution in [2.24, 2.45) is 5.92 Å². The van der Waals surface area contributed by atoms with E-state index in [0.717, 1.165) is 12.1 Å². The highest BCUT2D eigenvalue weighted by Gasteiger charge is 2.35. The molecule has 9 heteroatoms. The average molecular weight is 414 g/mol. The van der Waals surface area contributed by atoms with Crippen LogP contribution in [0, 0.1) is 5.92 Å². The number of rotatable bonds is 4. The molecule has 1 atom stereocenters. The van der Waals surface area contributed by atoms with Gasteiger partial charge in [0.15, 0.2) is 0 Å². The van der Waals surface area contributed by atoms with Gasteiger partial charge in [0.25, 0.3) is 0 Å². The van der Waals surface area contributed by atoms with Gasteiger partial charge in [-0.3, -0.25) is 9.59 Å². The van der Waals surface area contributed by atoms with E-state index in [-0.39, 0.29) is 43.7 Å². The number of hydrogen-bond donors (Lipinski definition) is 2. The molecule has 1 unspecified atom stereocenters. The zero-order chi connectivity index (χ0) is 19.6. The zero-order valence-electron chi connectivity index (χ0n) is 14.7. The molecule has 1 aliphatic rings. The number of carbonyl (C=O) groups excluding carboxylic acids is 2. The van der Waals surface area contributed by atoms with Gasteiger partial charge in [-0.15, -0.1) is 12.4 Å². The highest BCUT2D eigenvalue weighted by Crippen LogP contribution is 2.30. The second-order valence-electron chi connectivity index (χ2n) is 6.45. The number of para-hydroxylation sites is 2. The third kappa shape index (κ3) is 4.95. The summed E-state index contributed by atoms with van der Waals surface area (Å²) in [6.07, 6.45) is -4.43. The fraction of sp³-hybridized carbons (Fsp3) is 0.263. The summed E-state index contributed by atoms with van der Waals surface area (Å²) in [6.45, 7) is 0.174. The molecule has 0 aromatic heterocycles. The molecule has 0 saturated carbocycles. The molecule has 28 heavy (non-hydrogen) atoms. The van der Waals surface area contributed by atoms with E-state index in [9.17, 15) is 22.8 Å². The van der Waals surface area contributed by atoms with Gasteiger partial charge in [-0.1, -0.05) is 24.3 Å². The molecule has 1 heterocycles. The molecule has 0 aliphatic carbocycles. The van der Waals surface area contributed by atoms with Crippen LogP contribution < -0.4 is 11.1 Å². The first-order valence-electron chi connectivity index (χ1n) is 8.33. The number of hydrogen-bond acceptors (Lipinski definition) is 3. The number of carbonyl (C=O) groups is 2. The molecule has 1 aliphatic heterocycles. The topological polar surface area (TPSA) is 75.4 Å². The highest BCUT2D eigenvalue weighted by molar-refractivity contribution is 5.99. The lowest BCUT2D eigenvalue weighted by atomic mass is 10.1. The van der Waals surface area contributed by atoms with Crippen molar-refractivity contribution in [1.82, 2.24) is 4.90 Å². The molecule has 0 radical (unpaired) electrons. The van der Waals surface area contributed by atoms with E-state index in [2.05, 4.69) is 5.32 Å². The Kier molecular flexibility index (Phi) is 6.56. The Hall–Kier alpha value is -2.74. The standard InChI is InChI=1S/C19H18F3N3O2.ClH/c20-19(21,22)14-5-3-4-12(8-14)10-25-11-13(9-17(25)26)18(27)24-16-7-2-1-6-15(16)23;/h1-8,13H,9-11,23H2,(H,24,27);1H. The van der Waals surface area contributed by atoms with Crippen LogP contribution in [0.5, 0.6) is 0 Å². The first-order valence-corrected chi connectivity index (χ1v) is 8.33. The number of nitrogens with zero attached hydrogens (tertiary/aromatic N) is 1. The first-order chi connectivity index (χ1) is 12.7. The SMILES string of the molecule is Cl.Nc1ccccc1NC(=O)C1CC(=O)N(Cc2cccc(C(F)(F)F)c2)C1. The van der Waals surface area contributed by atoms with E-state index in [1.54, 1.807) is 24.3 Å². The number of amides is 2. The molecule has 2 aromatic carbocycles. The molecule has 5 nitrogen and oxygen atoms in total. The molecular weight excluding hydrogens is 395 g/mol. The van der Waals surface area contributed by atoms with E-state index >= 15 is 0 Å². The predicted octanol–water partition coefficient (Wildman–Crippen LogP) is 3.70. The van der Waals surface area contributed by atoms with Crippen molar-refractivity contribution < 1.29 is 22.8 Å². The van der Waals surface area contributed by atoms with Crippen molar-refractivity contribution in [1.29, 1.82) is 0 Å². The van der Waals surface area contributed by atoms with Gasteiger partial charge in [0.1, 0.15) is 0 Å². The van der Waals surface area contributed by atoms with Gasteiger partial charge in [0.2, 0.25) is 11.8 Å². The quantitative estimate of drug-likeness (QED) is 0.750. The third-order valence-electron chi connectivity index (χ3n) is 4.43. The van der Waals surface area contributed by atoms with Gasteiger partial charge in [-0.25, -0.2) is 0 Å². The lowest BCUT2D eigenvalue weighted by Crippen LogP contribution is -2.28. The van der Waals surface area contributed by atoms with Crippen molar-refractivity contribution in [2.75, 3.05) is 17.6 Å². The van der Waals surface area contributed by atoms with E-state index in [1.165, 1.54) is 17.0 Å². The Bertz CT molecular complexity index is 873. The molecule has 1 saturated heterocycles. The summed E-state index contributed by atoms with van der Waals surface area (Å²) in [7, 11) is 0. The fourth-order valence-corrected chi connectivity index (χ4v) is 3.01. The van der Waals surface area contributed by atoms with Gasteiger partial charge >= 0.3 is 6.18 Å². The first kappa shape index (κ1) is 21.6. The van der Waals surface area contributed by atoms with Gasteiger partial charge in [-0.05, 0) is 29.8 Å². The summed E-state index contributed by atoms with van der Waals surface area (Å²) >= 11 is 0. The highest BCUT2D eigenvalue weighted by atomic mass is 35.5. The molecule has 0 spiro atoms. The van der Waals surface area contributed by atoms with Gasteiger partial charge in [-0.2, -0.15) is 13.2 Å². The maximum Gasteiger partial charge on any atom is 0.416 e. The minimum atomic E-state index is -4.44. The smallest absolute Gasteiger partial charge is 0.397 e. The largest absolute Gasteiger partial charge is 0.416 e. The van der Waals surface area contributed by atoms with Crippen LogP contribution >= 0.6 is 12.4 Å². The van der Waals surface area contributed by atoms with Crippen LogP contribution in [-0.4, -0.2) is 23.3 Å². The van der Waals surface area contributed by atoms with Crippen LogP contribution in [0.2, 0.25) is 0 Å². The normalized spacial score (nSPS) is 16.6. The van der Waals surface area contributed by atoms with Gasteiger partial charge in [0.05, 0.1) is 22.9 Å². The lowest BCUT2D eigenvalue weighted by molar-refractivity contribution is -0.137. The Morgan fingerprint density at radius 2 is 1.89 bits per heavy atom. The average Bonchev–Trinajstić information content (AvgIpc) is 2.97. The molecule has 3 N–H and O–H groups in total. The number of likely N-dealkylation sites (tertiary alicyclic amines) is 1. The number of anilines is 2. The van der Waals surface area contributed by atoms with E-state index < -0.39 is 17.7 Å². The molecule has 2 amide bonds. The molecular formula is C19H19ClF3N3O2. The molecule has 2 aromatic rings. The van der Waals surface area contributed by atoms with Crippen molar-refractivity contribution >= 4 is 35.6 Å². The molecule has 3 rings (SSSR count). The summed E-state index contributed by atoms with van der Waals surface area (Å²) in [5.74, 6) is -1.19. The second kappa shape index (κ2) is 8.52. The fourth-order valence-electron chi connectivity index (χ4n) is 3.01. The van der Waals surface area contributed by atoms with Crippen molar-refractivity contribution in [3.63, 3.8) is 0 Å². The Morgan fingerprint density at radius 3 is 2.57 bits per heavy atom.